The minimum absolute atomic E-state index is 0.276. The monoisotopic (exact) mass is 294 g/mol. The first-order valence-corrected chi connectivity index (χ1v) is 7.65. The summed E-state index contributed by atoms with van der Waals surface area (Å²) in [5.74, 6) is -0.0498. The lowest BCUT2D eigenvalue weighted by Gasteiger charge is -2.34. The summed E-state index contributed by atoms with van der Waals surface area (Å²) in [5.41, 5.74) is 6.93. The van der Waals surface area contributed by atoms with Crippen LogP contribution in [0.2, 0.25) is 0 Å². The third kappa shape index (κ3) is 3.52. The summed E-state index contributed by atoms with van der Waals surface area (Å²) in [6.07, 6.45) is 0.426. The van der Waals surface area contributed by atoms with E-state index in [1.54, 1.807) is 11.8 Å². The molecule has 1 fully saturated rings. The summed E-state index contributed by atoms with van der Waals surface area (Å²) in [7, 11) is 0. The molecule has 1 amide bonds. The third-order valence-corrected chi connectivity index (χ3v) is 4.33. The van der Waals surface area contributed by atoms with E-state index in [9.17, 15) is 14.7 Å². The van der Waals surface area contributed by atoms with Crippen molar-refractivity contribution in [1.82, 2.24) is 4.90 Å². The molecule has 2 rings (SSSR count). The van der Waals surface area contributed by atoms with Crippen LogP contribution in [0.15, 0.2) is 30.3 Å². The van der Waals surface area contributed by atoms with E-state index >= 15 is 0 Å². The molecule has 1 aliphatic rings. The Kier molecular flexibility index (Phi) is 5.03. The van der Waals surface area contributed by atoms with Crippen LogP contribution < -0.4 is 5.73 Å². The highest BCUT2D eigenvalue weighted by Gasteiger charge is 2.34. The predicted octanol–water partition coefficient (Wildman–Crippen LogP) is 0.585. The lowest BCUT2D eigenvalue weighted by atomic mass is 10.0. The standard InChI is InChI=1S/C14H18N2O3S/c15-11(8-10-4-2-1-3-5-10)13(17)16-6-7-20-9-12(16)14(18)19/h1-5,11-12H,6-9,15H2,(H,18,19)/t11-,12?/m1/s1. The Morgan fingerprint density at radius 1 is 1.40 bits per heavy atom. The number of hydrogen-bond acceptors (Lipinski definition) is 4. The number of carbonyl (C=O) groups excluding carboxylic acids is 1. The number of rotatable bonds is 4. The Labute approximate surface area is 122 Å². The van der Waals surface area contributed by atoms with E-state index in [2.05, 4.69) is 0 Å². The second-order valence-corrected chi connectivity index (χ2v) is 5.91. The highest BCUT2D eigenvalue weighted by molar-refractivity contribution is 7.99. The van der Waals surface area contributed by atoms with Crippen molar-refractivity contribution in [1.29, 1.82) is 0 Å². The summed E-state index contributed by atoms with van der Waals surface area (Å²) in [6.45, 7) is 0.447. The van der Waals surface area contributed by atoms with Crippen LogP contribution in [0.4, 0.5) is 0 Å². The first-order valence-electron chi connectivity index (χ1n) is 6.50. The maximum Gasteiger partial charge on any atom is 0.327 e. The fourth-order valence-electron chi connectivity index (χ4n) is 2.24. The molecule has 1 aliphatic heterocycles. The van der Waals surface area contributed by atoms with Crippen molar-refractivity contribution in [2.24, 2.45) is 5.73 Å². The smallest absolute Gasteiger partial charge is 0.327 e. The summed E-state index contributed by atoms with van der Waals surface area (Å²) in [5, 5.41) is 9.18. The lowest BCUT2D eigenvalue weighted by Crippen LogP contribution is -2.55. The van der Waals surface area contributed by atoms with Crippen LogP contribution in [0.3, 0.4) is 0 Å². The van der Waals surface area contributed by atoms with Crippen molar-refractivity contribution >= 4 is 23.6 Å². The predicted molar refractivity (Wildman–Crippen MR) is 78.6 cm³/mol. The van der Waals surface area contributed by atoms with E-state index in [4.69, 9.17) is 5.73 Å². The highest BCUT2D eigenvalue weighted by Crippen LogP contribution is 2.18. The van der Waals surface area contributed by atoms with Gasteiger partial charge in [0.15, 0.2) is 0 Å². The first-order chi connectivity index (χ1) is 9.59. The Hall–Kier alpha value is -1.53. The normalized spacial score (nSPS) is 20.4. The van der Waals surface area contributed by atoms with Crippen molar-refractivity contribution in [2.75, 3.05) is 18.1 Å². The average molecular weight is 294 g/mol. The molecule has 1 aromatic carbocycles. The van der Waals surface area contributed by atoms with E-state index in [-0.39, 0.29) is 5.91 Å². The molecule has 0 aromatic heterocycles. The van der Waals surface area contributed by atoms with E-state index in [0.29, 0.717) is 18.7 Å². The van der Waals surface area contributed by atoms with Crippen LogP contribution in [0.25, 0.3) is 0 Å². The van der Waals surface area contributed by atoms with Crippen LogP contribution in [-0.4, -0.2) is 52.0 Å². The second kappa shape index (κ2) is 6.76. The van der Waals surface area contributed by atoms with Gasteiger partial charge in [0.2, 0.25) is 5.91 Å². The van der Waals surface area contributed by atoms with E-state index in [0.717, 1.165) is 11.3 Å². The number of hydrogen-bond donors (Lipinski definition) is 2. The first kappa shape index (κ1) is 14.9. The molecule has 20 heavy (non-hydrogen) atoms. The molecule has 1 unspecified atom stereocenters. The van der Waals surface area contributed by atoms with Gasteiger partial charge in [-0.15, -0.1) is 0 Å². The van der Waals surface area contributed by atoms with Gasteiger partial charge in [-0.25, -0.2) is 4.79 Å². The number of nitrogens with zero attached hydrogens (tertiary/aromatic N) is 1. The maximum absolute atomic E-state index is 12.3. The SMILES string of the molecule is N[C@H](Cc1ccccc1)C(=O)N1CCSCC1C(=O)O. The van der Waals surface area contributed by atoms with Gasteiger partial charge in [0.25, 0.3) is 0 Å². The van der Waals surface area contributed by atoms with Gasteiger partial charge in [-0.3, -0.25) is 4.79 Å². The molecule has 1 saturated heterocycles. The molecule has 6 heteroatoms. The zero-order valence-electron chi connectivity index (χ0n) is 11.1. The van der Waals surface area contributed by atoms with Gasteiger partial charge < -0.3 is 15.7 Å². The third-order valence-electron chi connectivity index (χ3n) is 3.31. The molecule has 0 spiro atoms. The lowest BCUT2D eigenvalue weighted by molar-refractivity contribution is -0.149. The number of nitrogens with two attached hydrogens (primary N) is 1. The number of thioether (sulfide) groups is 1. The van der Waals surface area contributed by atoms with Crippen molar-refractivity contribution in [3.63, 3.8) is 0 Å². The Bertz CT molecular complexity index is 481. The van der Waals surface area contributed by atoms with E-state index in [1.165, 1.54) is 4.90 Å². The fraction of sp³-hybridized carbons (Fsp3) is 0.429. The van der Waals surface area contributed by atoms with Crippen LogP contribution >= 0.6 is 11.8 Å². The van der Waals surface area contributed by atoms with Crippen molar-refractivity contribution in [3.05, 3.63) is 35.9 Å². The summed E-state index contributed by atoms with van der Waals surface area (Å²) < 4.78 is 0. The summed E-state index contributed by atoms with van der Waals surface area (Å²) in [4.78, 5) is 25.0. The molecule has 3 N–H and O–H groups in total. The Morgan fingerprint density at radius 3 is 2.75 bits per heavy atom. The quantitative estimate of drug-likeness (QED) is 0.849. The number of carboxylic acid groups (broad SMARTS) is 1. The molecule has 0 saturated carbocycles. The van der Waals surface area contributed by atoms with Gasteiger partial charge in [0.1, 0.15) is 6.04 Å². The van der Waals surface area contributed by atoms with Gasteiger partial charge in [-0.1, -0.05) is 30.3 Å². The molecule has 5 nitrogen and oxygen atoms in total. The van der Waals surface area contributed by atoms with Crippen LogP contribution in [0.1, 0.15) is 5.56 Å². The van der Waals surface area contributed by atoms with Crippen molar-refractivity contribution in [2.45, 2.75) is 18.5 Å². The number of carboxylic acids is 1. The van der Waals surface area contributed by atoms with Gasteiger partial charge in [0.05, 0.1) is 6.04 Å². The zero-order chi connectivity index (χ0) is 14.5. The topological polar surface area (TPSA) is 83.6 Å². The average Bonchev–Trinajstić information content (AvgIpc) is 2.47. The maximum atomic E-state index is 12.3. The van der Waals surface area contributed by atoms with Crippen molar-refractivity contribution < 1.29 is 14.7 Å². The summed E-state index contributed by atoms with van der Waals surface area (Å²) >= 11 is 1.55. The molecular weight excluding hydrogens is 276 g/mol. The Morgan fingerprint density at radius 2 is 2.10 bits per heavy atom. The van der Waals surface area contributed by atoms with Gasteiger partial charge in [-0.2, -0.15) is 11.8 Å². The van der Waals surface area contributed by atoms with Crippen molar-refractivity contribution in [3.8, 4) is 0 Å². The minimum Gasteiger partial charge on any atom is -0.480 e. The summed E-state index contributed by atoms with van der Waals surface area (Å²) in [6, 6.07) is 8.06. The Balaban J connectivity index is 2.03. The number of aliphatic carboxylic acids is 1. The molecule has 1 heterocycles. The van der Waals surface area contributed by atoms with Crippen LogP contribution in [-0.2, 0) is 16.0 Å². The van der Waals surface area contributed by atoms with Gasteiger partial charge >= 0.3 is 5.97 Å². The highest BCUT2D eigenvalue weighted by atomic mass is 32.2. The molecule has 108 valence electrons. The molecule has 0 aliphatic carbocycles. The number of benzene rings is 1. The van der Waals surface area contributed by atoms with Gasteiger partial charge in [0, 0.05) is 18.1 Å². The number of carbonyl (C=O) groups is 2. The molecule has 1 aromatic rings. The van der Waals surface area contributed by atoms with E-state index in [1.807, 2.05) is 30.3 Å². The zero-order valence-corrected chi connectivity index (χ0v) is 11.9. The van der Waals surface area contributed by atoms with Crippen LogP contribution in [0, 0.1) is 0 Å². The van der Waals surface area contributed by atoms with Gasteiger partial charge in [-0.05, 0) is 12.0 Å². The van der Waals surface area contributed by atoms with Crippen LogP contribution in [0.5, 0.6) is 0 Å². The molecular formula is C14H18N2O3S. The number of amides is 1. The molecule has 0 bridgehead atoms. The molecule has 2 atom stereocenters. The van der Waals surface area contributed by atoms with E-state index < -0.39 is 18.1 Å². The largest absolute Gasteiger partial charge is 0.480 e. The molecule has 0 radical (unpaired) electrons. The fourth-order valence-corrected chi connectivity index (χ4v) is 3.28. The second-order valence-electron chi connectivity index (χ2n) is 4.76. The minimum atomic E-state index is -0.961.